The van der Waals surface area contributed by atoms with Crippen LogP contribution in [0.3, 0.4) is 0 Å². The highest BCUT2D eigenvalue weighted by Gasteiger charge is 2.45. The molecule has 0 saturated carbocycles. The number of carbonyl (C=O) groups is 2. The lowest BCUT2D eigenvalue weighted by atomic mass is 9.95. The summed E-state index contributed by atoms with van der Waals surface area (Å²) in [5.74, 6) is -1.56. The molecule has 1 unspecified atom stereocenters. The van der Waals surface area contributed by atoms with E-state index in [0.29, 0.717) is 26.8 Å². The molecule has 1 aliphatic heterocycles. The fraction of sp³-hybridized carbons (Fsp3) is 0.143. The molecule has 1 N–H and O–H groups in total. The van der Waals surface area contributed by atoms with E-state index in [4.69, 9.17) is 0 Å². The van der Waals surface area contributed by atoms with Gasteiger partial charge in [-0.05, 0) is 49.6 Å². The van der Waals surface area contributed by atoms with Crippen molar-refractivity contribution >= 4 is 28.7 Å². The van der Waals surface area contributed by atoms with Gasteiger partial charge in [0, 0.05) is 23.6 Å². The summed E-state index contributed by atoms with van der Waals surface area (Å²) in [6.07, 6.45) is 3.25. The third-order valence-corrected chi connectivity index (χ3v) is 7.31. The van der Waals surface area contributed by atoms with Gasteiger partial charge in [-0.15, -0.1) is 11.3 Å². The minimum atomic E-state index is -0.814. The summed E-state index contributed by atoms with van der Waals surface area (Å²) in [6, 6.07) is 18.1. The summed E-state index contributed by atoms with van der Waals surface area (Å²) in [4.78, 5) is 38.1. The number of carbonyl (C=O) groups excluding carboxylic acids is 2. The van der Waals surface area contributed by atoms with Crippen molar-refractivity contribution in [2.45, 2.75) is 26.8 Å². The maximum absolute atomic E-state index is 13.9. The number of benzene rings is 2. The Morgan fingerprint density at radius 2 is 1.80 bits per heavy atom. The highest BCUT2D eigenvalue weighted by atomic mass is 32.1. The van der Waals surface area contributed by atoms with Crippen molar-refractivity contribution in [1.29, 1.82) is 0 Å². The standard InChI is InChI=1S/C28H23N3O3S/c1-16-11-12-17(2)21(14-16)31-23(20-10-7-13-29-15-20)22(25(33)28(31)34)24(32)26-18(3)30-27(35-26)19-8-5-4-6-9-19/h4-15,23,33H,1-3H3. The van der Waals surface area contributed by atoms with E-state index in [2.05, 4.69) is 9.97 Å². The van der Waals surface area contributed by atoms with E-state index < -0.39 is 23.5 Å². The fourth-order valence-electron chi connectivity index (χ4n) is 4.35. The van der Waals surface area contributed by atoms with E-state index in [1.54, 1.807) is 25.4 Å². The predicted octanol–water partition coefficient (Wildman–Crippen LogP) is 5.91. The number of hydrogen-bond donors (Lipinski definition) is 1. The number of nitrogens with zero attached hydrogens (tertiary/aromatic N) is 3. The number of amides is 1. The monoisotopic (exact) mass is 481 g/mol. The summed E-state index contributed by atoms with van der Waals surface area (Å²) < 4.78 is 0. The summed E-state index contributed by atoms with van der Waals surface area (Å²) >= 11 is 1.26. The molecule has 0 bridgehead atoms. The first-order valence-corrected chi connectivity index (χ1v) is 12.0. The van der Waals surface area contributed by atoms with E-state index in [9.17, 15) is 14.7 Å². The van der Waals surface area contributed by atoms with Gasteiger partial charge in [-0.25, -0.2) is 4.98 Å². The number of ketones is 1. The molecule has 1 atom stereocenters. The van der Waals surface area contributed by atoms with Crippen LogP contribution in [0.4, 0.5) is 5.69 Å². The minimum Gasteiger partial charge on any atom is -0.503 e. The van der Waals surface area contributed by atoms with E-state index in [0.717, 1.165) is 16.7 Å². The number of aliphatic hydroxyl groups is 1. The Kier molecular flexibility index (Phi) is 5.78. The SMILES string of the molecule is Cc1ccc(C)c(N2C(=O)C(O)=C(C(=O)c3sc(-c4ccccc4)nc3C)C2c2cccnc2)c1. The van der Waals surface area contributed by atoms with Crippen LogP contribution in [0, 0.1) is 20.8 Å². The minimum absolute atomic E-state index is 0.0373. The van der Waals surface area contributed by atoms with Crippen molar-refractivity contribution in [2.75, 3.05) is 4.90 Å². The zero-order valence-electron chi connectivity index (χ0n) is 19.5. The van der Waals surface area contributed by atoms with Crippen LogP contribution in [0.1, 0.15) is 38.1 Å². The molecule has 3 heterocycles. The summed E-state index contributed by atoms with van der Waals surface area (Å²) in [5, 5.41) is 11.8. The number of pyridine rings is 1. The number of aromatic nitrogens is 2. The molecule has 0 fully saturated rings. The number of thiazole rings is 1. The third-order valence-electron chi connectivity index (χ3n) is 6.10. The molecule has 6 nitrogen and oxygen atoms in total. The van der Waals surface area contributed by atoms with Crippen molar-refractivity contribution in [3.8, 4) is 10.6 Å². The van der Waals surface area contributed by atoms with Crippen molar-refractivity contribution < 1.29 is 14.7 Å². The van der Waals surface area contributed by atoms with Gasteiger partial charge in [-0.3, -0.25) is 19.5 Å². The largest absolute Gasteiger partial charge is 0.503 e. The number of aliphatic hydroxyl groups excluding tert-OH is 1. The van der Waals surface area contributed by atoms with Crippen LogP contribution >= 0.6 is 11.3 Å². The quantitative estimate of drug-likeness (QED) is 0.358. The maximum Gasteiger partial charge on any atom is 0.294 e. The van der Waals surface area contributed by atoms with Gasteiger partial charge in [-0.2, -0.15) is 0 Å². The van der Waals surface area contributed by atoms with Gasteiger partial charge in [0.1, 0.15) is 5.01 Å². The van der Waals surface area contributed by atoms with Crippen LogP contribution in [-0.2, 0) is 4.79 Å². The zero-order chi connectivity index (χ0) is 24.7. The molecule has 1 amide bonds. The second-order valence-electron chi connectivity index (χ2n) is 8.54. The smallest absolute Gasteiger partial charge is 0.294 e. The average molecular weight is 482 g/mol. The molecule has 2 aromatic carbocycles. The third kappa shape index (κ3) is 3.94. The van der Waals surface area contributed by atoms with Crippen LogP contribution in [-0.4, -0.2) is 26.8 Å². The number of rotatable bonds is 5. The molecule has 0 saturated heterocycles. The second-order valence-corrected chi connectivity index (χ2v) is 9.54. The number of aryl methyl sites for hydroxylation is 3. The van der Waals surface area contributed by atoms with Gasteiger partial charge in [-0.1, -0.05) is 48.5 Å². The molecule has 2 aromatic heterocycles. The molecular formula is C28H23N3O3S. The average Bonchev–Trinajstić information content (AvgIpc) is 3.39. The molecular weight excluding hydrogens is 458 g/mol. The fourth-order valence-corrected chi connectivity index (χ4v) is 5.38. The van der Waals surface area contributed by atoms with Gasteiger partial charge in [0.15, 0.2) is 5.76 Å². The van der Waals surface area contributed by atoms with Crippen molar-refractivity contribution in [1.82, 2.24) is 9.97 Å². The first kappa shape index (κ1) is 22.7. The number of anilines is 1. The molecule has 0 radical (unpaired) electrons. The normalized spacial score (nSPS) is 15.7. The Hall–Kier alpha value is -4.10. The Bertz CT molecular complexity index is 1480. The van der Waals surface area contributed by atoms with Crippen LogP contribution in [0.2, 0.25) is 0 Å². The number of Topliss-reactive ketones (excluding diaryl/α,β-unsaturated/α-hetero) is 1. The van der Waals surface area contributed by atoms with Crippen LogP contribution in [0.15, 0.2) is 84.4 Å². The van der Waals surface area contributed by atoms with E-state index >= 15 is 0 Å². The molecule has 4 aromatic rings. The van der Waals surface area contributed by atoms with Crippen LogP contribution in [0.25, 0.3) is 10.6 Å². The van der Waals surface area contributed by atoms with E-state index in [1.807, 2.05) is 68.4 Å². The van der Waals surface area contributed by atoms with Crippen molar-refractivity contribution in [2.24, 2.45) is 0 Å². The summed E-state index contributed by atoms with van der Waals surface area (Å²) in [5.41, 5.74) is 4.61. The van der Waals surface area contributed by atoms with Crippen LogP contribution < -0.4 is 4.90 Å². The molecule has 174 valence electrons. The lowest BCUT2D eigenvalue weighted by molar-refractivity contribution is -0.117. The lowest BCUT2D eigenvalue weighted by Gasteiger charge is -2.28. The predicted molar refractivity (Wildman–Crippen MR) is 137 cm³/mol. The topological polar surface area (TPSA) is 83.4 Å². The van der Waals surface area contributed by atoms with Gasteiger partial charge in [0.05, 0.1) is 22.2 Å². The van der Waals surface area contributed by atoms with Gasteiger partial charge >= 0.3 is 0 Å². The van der Waals surface area contributed by atoms with E-state index in [-0.39, 0.29) is 5.57 Å². The van der Waals surface area contributed by atoms with E-state index in [1.165, 1.54) is 16.2 Å². The molecule has 0 spiro atoms. The van der Waals surface area contributed by atoms with Crippen molar-refractivity contribution in [3.63, 3.8) is 0 Å². The van der Waals surface area contributed by atoms with Crippen LogP contribution in [0.5, 0.6) is 0 Å². The molecule has 7 heteroatoms. The molecule has 1 aliphatic rings. The molecule has 0 aliphatic carbocycles. The summed E-state index contributed by atoms with van der Waals surface area (Å²) in [6.45, 7) is 5.61. The zero-order valence-corrected chi connectivity index (χ0v) is 20.3. The summed E-state index contributed by atoms with van der Waals surface area (Å²) in [7, 11) is 0. The highest BCUT2D eigenvalue weighted by Crippen LogP contribution is 2.44. The number of hydrogen-bond acceptors (Lipinski definition) is 6. The van der Waals surface area contributed by atoms with Crippen molar-refractivity contribution in [3.05, 3.63) is 112 Å². The first-order valence-electron chi connectivity index (χ1n) is 11.2. The van der Waals surface area contributed by atoms with Gasteiger partial charge in [0.25, 0.3) is 5.91 Å². The van der Waals surface area contributed by atoms with Gasteiger partial charge < -0.3 is 5.11 Å². The molecule has 5 rings (SSSR count). The first-order chi connectivity index (χ1) is 16.9. The second kappa shape index (κ2) is 8.92. The maximum atomic E-state index is 13.9. The molecule has 35 heavy (non-hydrogen) atoms. The Balaban J connectivity index is 1.65. The van der Waals surface area contributed by atoms with Gasteiger partial charge in [0.2, 0.25) is 5.78 Å². The Morgan fingerprint density at radius 1 is 1.03 bits per heavy atom. The highest BCUT2D eigenvalue weighted by molar-refractivity contribution is 7.17. The lowest BCUT2D eigenvalue weighted by Crippen LogP contribution is -2.31. The Morgan fingerprint density at radius 3 is 2.51 bits per heavy atom. The Labute approximate surface area is 207 Å².